The smallest absolute Gasteiger partial charge is 0.252 e. The van der Waals surface area contributed by atoms with E-state index < -0.39 is 35.3 Å². The van der Waals surface area contributed by atoms with E-state index in [1.807, 2.05) is 0 Å². The fraction of sp³-hybridized carbons (Fsp3) is 0.176. The van der Waals surface area contributed by atoms with E-state index in [1.165, 1.54) is 32.4 Å². The van der Waals surface area contributed by atoms with Crippen molar-refractivity contribution in [2.75, 3.05) is 14.2 Å². The van der Waals surface area contributed by atoms with Crippen molar-refractivity contribution in [2.24, 2.45) is 0 Å². The van der Waals surface area contributed by atoms with Crippen molar-refractivity contribution in [3.05, 3.63) is 65.0 Å². The third-order valence-corrected chi connectivity index (χ3v) is 3.47. The van der Waals surface area contributed by atoms with Gasteiger partial charge in [0, 0.05) is 12.6 Å². The van der Waals surface area contributed by atoms with Crippen LogP contribution in [0.1, 0.15) is 22.0 Å². The van der Waals surface area contributed by atoms with E-state index in [0.29, 0.717) is 0 Å². The topological polar surface area (TPSA) is 67.4 Å². The van der Waals surface area contributed by atoms with Crippen LogP contribution in [0.2, 0.25) is 0 Å². The van der Waals surface area contributed by atoms with Gasteiger partial charge in [-0.05, 0) is 35.9 Å². The molecule has 0 heterocycles. The molecule has 0 aliphatic rings. The van der Waals surface area contributed by atoms with Gasteiger partial charge in [-0.25, -0.2) is 13.2 Å². The summed E-state index contributed by atoms with van der Waals surface area (Å²) in [6, 6.07) is 5.06. The Morgan fingerprint density at radius 3 is 2.28 bits per heavy atom. The van der Waals surface area contributed by atoms with Gasteiger partial charge in [-0.1, -0.05) is 6.07 Å². The standard InChI is InChI=1S/C17H15F3N2O3/c1-21-17(24)15(9-3-5-11(18)12(19)7-9)22-16(23)10-4-6-14(25-2)13(20)8-10/h3-8,15H,1-2H3,(H,21,24)(H,22,23). The predicted octanol–water partition coefficient (Wildman–Crippen LogP) is 2.33. The summed E-state index contributed by atoms with van der Waals surface area (Å²) >= 11 is 0. The molecule has 0 spiro atoms. The Hall–Kier alpha value is -3.03. The van der Waals surface area contributed by atoms with Crippen LogP contribution in [-0.4, -0.2) is 26.0 Å². The van der Waals surface area contributed by atoms with E-state index in [2.05, 4.69) is 10.6 Å². The maximum absolute atomic E-state index is 13.7. The third-order valence-electron chi connectivity index (χ3n) is 3.47. The van der Waals surface area contributed by atoms with E-state index in [1.54, 1.807) is 0 Å². The molecule has 5 nitrogen and oxygen atoms in total. The number of hydrogen-bond acceptors (Lipinski definition) is 3. The number of likely N-dealkylation sites (N-methyl/N-ethyl adjacent to an activating group) is 1. The van der Waals surface area contributed by atoms with Crippen LogP contribution in [0.3, 0.4) is 0 Å². The molecule has 1 unspecified atom stereocenters. The van der Waals surface area contributed by atoms with E-state index in [0.717, 1.165) is 18.2 Å². The van der Waals surface area contributed by atoms with Gasteiger partial charge in [0.15, 0.2) is 23.2 Å². The van der Waals surface area contributed by atoms with Crippen molar-refractivity contribution >= 4 is 11.8 Å². The first-order valence-electron chi connectivity index (χ1n) is 7.18. The zero-order valence-corrected chi connectivity index (χ0v) is 13.4. The summed E-state index contributed by atoms with van der Waals surface area (Å²) in [5, 5.41) is 4.68. The zero-order valence-electron chi connectivity index (χ0n) is 13.4. The number of ether oxygens (including phenoxy) is 1. The zero-order chi connectivity index (χ0) is 18.6. The molecule has 0 saturated heterocycles. The molecule has 8 heteroatoms. The summed E-state index contributed by atoms with van der Waals surface area (Å²) in [4.78, 5) is 24.3. The summed E-state index contributed by atoms with van der Waals surface area (Å²) in [5.74, 6) is -4.44. The second-order valence-corrected chi connectivity index (χ2v) is 5.04. The first kappa shape index (κ1) is 18.3. The van der Waals surface area contributed by atoms with Gasteiger partial charge in [0.05, 0.1) is 7.11 Å². The van der Waals surface area contributed by atoms with Crippen LogP contribution in [0.25, 0.3) is 0 Å². The van der Waals surface area contributed by atoms with Crippen molar-refractivity contribution in [3.8, 4) is 5.75 Å². The summed E-state index contributed by atoms with van der Waals surface area (Å²) in [7, 11) is 2.61. The van der Waals surface area contributed by atoms with Crippen LogP contribution in [0.4, 0.5) is 13.2 Å². The molecule has 2 aromatic carbocycles. The van der Waals surface area contributed by atoms with Gasteiger partial charge in [-0.15, -0.1) is 0 Å². The molecule has 0 aliphatic heterocycles. The Balaban J connectivity index is 2.30. The molecule has 0 aromatic heterocycles. The number of benzene rings is 2. The highest BCUT2D eigenvalue weighted by atomic mass is 19.2. The minimum Gasteiger partial charge on any atom is -0.494 e. The molecule has 1 atom stereocenters. The molecule has 0 bridgehead atoms. The Bertz CT molecular complexity index is 812. The predicted molar refractivity (Wildman–Crippen MR) is 83.6 cm³/mol. The van der Waals surface area contributed by atoms with Gasteiger partial charge < -0.3 is 15.4 Å². The minimum atomic E-state index is -1.28. The number of methoxy groups -OCH3 is 1. The molecular weight excluding hydrogens is 337 g/mol. The molecule has 0 aliphatic carbocycles. The maximum Gasteiger partial charge on any atom is 0.252 e. The molecule has 2 N–H and O–H groups in total. The normalized spacial score (nSPS) is 11.6. The Kier molecular flexibility index (Phi) is 5.63. The largest absolute Gasteiger partial charge is 0.494 e. The van der Waals surface area contributed by atoms with Crippen LogP contribution >= 0.6 is 0 Å². The molecule has 0 radical (unpaired) electrons. The molecule has 2 rings (SSSR count). The van der Waals surface area contributed by atoms with Crippen LogP contribution in [0, 0.1) is 17.5 Å². The Labute approximate surface area is 141 Å². The molecule has 132 valence electrons. The average Bonchev–Trinajstić information content (AvgIpc) is 2.61. The van der Waals surface area contributed by atoms with Crippen molar-refractivity contribution in [1.82, 2.24) is 10.6 Å². The SMILES string of the molecule is CNC(=O)C(NC(=O)c1ccc(OC)c(F)c1)c1ccc(F)c(F)c1. The molecule has 2 aromatic rings. The number of nitrogens with one attached hydrogen (secondary N) is 2. The van der Waals surface area contributed by atoms with Gasteiger partial charge in [0.2, 0.25) is 5.91 Å². The van der Waals surface area contributed by atoms with Crippen LogP contribution in [0.5, 0.6) is 5.75 Å². The monoisotopic (exact) mass is 352 g/mol. The molecule has 0 fully saturated rings. The van der Waals surface area contributed by atoms with Crippen LogP contribution in [-0.2, 0) is 4.79 Å². The van der Waals surface area contributed by atoms with E-state index >= 15 is 0 Å². The lowest BCUT2D eigenvalue weighted by atomic mass is 10.0. The van der Waals surface area contributed by atoms with Crippen molar-refractivity contribution in [3.63, 3.8) is 0 Å². The van der Waals surface area contributed by atoms with Gasteiger partial charge >= 0.3 is 0 Å². The molecular formula is C17H15F3N2O3. The first-order chi connectivity index (χ1) is 11.9. The Morgan fingerprint density at radius 2 is 1.72 bits per heavy atom. The number of halogens is 3. The lowest BCUT2D eigenvalue weighted by Gasteiger charge is -2.18. The number of hydrogen-bond donors (Lipinski definition) is 2. The summed E-state index contributed by atoms with van der Waals surface area (Å²) in [5.41, 5.74) is -0.0182. The minimum absolute atomic E-state index is 0.0417. The summed E-state index contributed by atoms with van der Waals surface area (Å²) in [6.07, 6.45) is 0. The van der Waals surface area contributed by atoms with Crippen molar-refractivity contribution in [1.29, 1.82) is 0 Å². The fourth-order valence-electron chi connectivity index (χ4n) is 2.16. The number of carbonyl (C=O) groups excluding carboxylic acids is 2. The lowest BCUT2D eigenvalue weighted by Crippen LogP contribution is -2.39. The van der Waals surface area contributed by atoms with E-state index in [9.17, 15) is 22.8 Å². The number of carbonyl (C=O) groups is 2. The second-order valence-electron chi connectivity index (χ2n) is 5.04. The molecule has 2 amide bonds. The van der Waals surface area contributed by atoms with Crippen molar-refractivity contribution in [2.45, 2.75) is 6.04 Å². The third kappa shape index (κ3) is 4.09. The fourth-order valence-corrected chi connectivity index (χ4v) is 2.16. The Morgan fingerprint density at radius 1 is 1.00 bits per heavy atom. The summed E-state index contributed by atoms with van der Waals surface area (Å²) in [6.45, 7) is 0. The quantitative estimate of drug-likeness (QED) is 0.868. The number of amides is 2. The average molecular weight is 352 g/mol. The van der Waals surface area contributed by atoms with Crippen molar-refractivity contribution < 1.29 is 27.5 Å². The van der Waals surface area contributed by atoms with Crippen LogP contribution in [0.15, 0.2) is 36.4 Å². The highest BCUT2D eigenvalue weighted by Crippen LogP contribution is 2.20. The van der Waals surface area contributed by atoms with Gasteiger partial charge in [-0.3, -0.25) is 9.59 Å². The lowest BCUT2D eigenvalue weighted by molar-refractivity contribution is -0.122. The van der Waals surface area contributed by atoms with E-state index in [-0.39, 0.29) is 16.9 Å². The molecule has 25 heavy (non-hydrogen) atoms. The highest BCUT2D eigenvalue weighted by molar-refractivity contribution is 5.98. The van der Waals surface area contributed by atoms with Gasteiger partial charge in [0.25, 0.3) is 5.91 Å². The number of rotatable bonds is 5. The van der Waals surface area contributed by atoms with Crippen LogP contribution < -0.4 is 15.4 Å². The highest BCUT2D eigenvalue weighted by Gasteiger charge is 2.24. The van der Waals surface area contributed by atoms with Gasteiger partial charge in [0.1, 0.15) is 6.04 Å². The second kappa shape index (κ2) is 7.69. The summed E-state index contributed by atoms with van der Waals surface area (Å²) < 4.78 is 45.0. The van der Waals surface area contributed by atoms with Gasteiger partial charge in [-0.2, -0.15) is 0 Å². The maximum atomic E-state index is 13.7. The molecule has 0 saturated carbocycles. The van der Waals surface area contributed by atoms with E-state index in [4.69, 9.17) is 4.74 Å². The first-order valence-corrected chi connectivity index (χ1v) is 7.18.